The number of nitrogens with zero attached hydrogens (tertiary/aromatic N) is 1. The van der Waals surface area contributed by atoms with Crippen molar-refractivity contribution in [2.75, 3.05) is 13.1 Å². The molecule has 2 unspecified atom stereocenters. The second-order valence-corrected chi connectivity index (χ2v) is 3.62. The Bertz CT molecular complexity index is 104. The number of likely N-dealkylation sites (tertiary alicyclic amines) is 1. The third-order valence-electron chi connectivity index (χ3n) is 2.75. The van der Waals surface area contributed by atoms with Crippen LogP contribution in [0.3, 0.4) is 0 Å². The molecule has 0 aromatic heterocycles. The highest BCUT2D eigenvalue weighted by atomic mass is 15.2. The lowest BCUT2D eigenvalue weighted by atomic mass is 9.98. The Morgan fingerprint density at radius 3 is 2.27 bits per heavy atom. The zero-order valence-corrected chi connectivity index (χ0v) is 7.64. The van der Waals surface area contributed by atoms with Gasteiger partial charge in [0.05, 0.1) is 0 Å². The van der Waals surface area contributed by atoms with E-state index < -0.39 is 0 Å². The highest BCUT2D eigenvalue weighted by Gasteiger charge is 2.23. The normalized spacial score (nSPS) is 34.1. The summed E-state index contributed by atoms with van der Waals surface area (Å²) in [5, 5.41) is 0. The van der Waals surface area contributed by atoms with E-state index in [0.717, 1.165) is 6.54 Å². The second-order valence-electron chi connectivity index (χ2n) is 3.62. The van der Waals surface area contributed by atoms with Crippen LogP contribution in [0.4, 0.5) is 0 Å². The molecule has 1 heterocycles. The zero-order chi connectivity index (χ0) is 8.27. The number of piperidine rings is 1. The first kappa shape index (κ1) is 9.01. The minimum atomic E-state index is 0.550. The lowest BCUT2D eigenvalue weighted by Crippen LogP contribution is -2.45. The summed E-state index contributed by atoms with van der Waals surface area (Å²) in [5.41, 5.74) is 7.18. The SMILES string of the molecule is CC1CCCC(C)N1CC[NH]. The maximum Gasteiger partial charge on any atom is 0.0228 e. The molecule has 1 aliphatic heterocycles. The second kappa shape index (κ2) is 4.07. The van der Waals surface area contributed by atoms with Crippen molar-refractivity contribution in [3.63, 3.8) is 0 Å². The fraction of sp³-hybridized carbons (Fsp3) is 1.00. The molecule has 0 aromatic carbocycles. The fourth-order valence-corrected chi connectivity index (χ4v) is 2.04. The highest BCUT2D eigenvalue weighted by Crippen LogP contribution is 2.21. The molecule has 1 radical (unpaired) electrons. The Kier molecular flexibility index (Phi) is 3.34. The Hall–Kier alpha value is -0.0800. The van der Waals surface area contributed by atoms with Crippen molar-refractivity contribution in [2.45, 2.75) is 45.2 Å². The summed E-state index contributed by atoms with van der Waals surface area (Å²) < 4.78 is 0. The van der Waals surface area contributed by atoms with E-state index in [2.05, 4.69) is 18.7 Å². The molecule has 2 atom stereocenters. The zero-order valence-electron chi connectivity index (χ0n) is 7.64. The van der Waals surface area contributed by atoms with E-state index in [-0.39, 0.29) is 0 Å². The van der Waals surface area contributed by atoms with Crippen molar-refractivity contribution in [1.82, 2.24) is 10.6 Å². The summed E-state index contributed by atoms with van der Waals surface area (Å²) >= 11 is 0. The Morgan fingerprint density at radius 2 is 1.82 bits per heavy atom. The van der Waals surface area contributed by atoms with Crippen molar-refractivity contribution in [2.24, 2.45) is 0 Å². The van der Waals surface area contributed by atoms with Crippen molar-refractivity contribution < 1.29 is 0 Å². The van der Waals surface area contributed by atoms with Crippen molar-refractivity contribution in [1.29, 1.82) is 0 Å². The largest absolute Gasteiger partial charge is 0.297 e. The van der Waals surface area contributed by atoms with E-state index in [1.54, 1.807) is 0 Å². The van der Waals surface area contributed by atoms with Crippen LogP contribution < -0.4 is 5.73 Å². The number of hydrogen-bond donors (Lipinski definition) is 0. The van der Waals surface area contributed by atoms with Gasteiger partial charge in [0.15, 0.2) is 0 Å². The van der Waals surface area contributed by atoms with Crippen molar-refractivity contribution >= 4 is 0 Å². The van der Waals surface area contributed by atoms with Gasteiger partial charge in [0.25, 0.3) is 0 Å². The Labute approximate surface area is 69.8 Å². The third-order valence-corrected chi connectivity index (χ3v) is 2.75. The van der Waals surface area contributed by atoms with E-state index in [9.17, 15) is 0 Å². The Balaban J connectivity index is 2.41. The summed E-state index contributed by atoms with van der Waals surface area (Å²) in [7, 11) is 0. The summed E-state index contributed by atoms with van der Waals surface area (Å²) in [4.78, 5) is 2.47. The molecule has 1 N–H and O–H groups in total. The lowest BCUT2D eigenvalue weighted by molar-refractivity contribution is 0.107. The van der Waals surface area contributed by atoms with Crippen LogP contribution in [0.15, 0.2) is 0 Å². The van der Waals surface area contributed by atoms with E-state index in [4.69, 9.17) is 5.73 Å². The van der Waals surface area contributed by atoms with Gasteiger partial charge in [-0.05, 0) is 26.7 Å². The summed E-state index contributed by atoms with van der Waals surface area (Å²) in [6, 6.07) is 1.42. The van der Waals surface area contributed by atoms with E-state index in [1.165, 1.54) is 19.3 Å². The summed E-state index contributed by atoms with van der Waals surface area (Å²) in [5.74, 6) is 0. The molecule has 1 saturated heterocycles. The number of rotatable bonds is 2. The van der Waals surface area contributed by atoms with Crippen LogP contribution in [0.5, 0.6) is 0 Å². The van der Waals surface area contributed by atoms with Crippen molar-refractivity contribution in [3.8, 4) is 0 Å². The molecule has 0 amide bonds. The van der Waals surface area contributed by atoms with Gasteiger partial charge < -0.3 is 0 Å². The van der Waals surface area contributed by atoms with Crippen LogP contribution in [0.2, 0.25) is 0 Å². The number of nitrogens with one attached hydrogen (secondary N) is 1. The van der Waals surface area contributed by atoms with Crippen LogP contribution in [-0.4, -0.2) is 30.1 Å². The van der Waals surface area contributed by atoms with E-state index in [1.807, 2.05) is 0 Å². The van der Waals surface area contributed by atoms with Gasteiger partial charge >= 0.3 is 0 Å². The molecule has 65 valence electrons. The molecular formula is C9H19N2. The standard InChI is InChI=1S/C9H19N2/c1-8-4-3-5-9(2)11(8)7-6-10/h8-10H,3-7H2,1-2H3. The predicted molar refractivity (Wildman–Crippen MR) is 47.4 cm³/mol. The first-order chi connectivity index (χ1) is 5.25. The van der Waals surface area contributed by atoms with Gasteiger partial charge in [-0.2, -0.15) is 0 Å². The van der Waals surface area contributed by atoms with Crippen LogP contribution in [0.1, 0.15) is 33.1 Å². The quantitative estimate of drug-likeness (QED) is 0.594. The average molecular weight is 155 g/mol. The molecule has 0 bridgehead atoms. The first-order valence-electron chi connectivity index (χ1n) is 4.66. The van der Waals surface area contributed by atoms with Crippen LogP contribution in [-0.2, 0) is 0 Å². The van der Waals surface area contributed by atoms with E-state index in [0.29, 0.717) is 18.6 Å². The maximum absolute atomic E-state index is 7.18. The molecular weight excluding hydrogens is 136 g/mol. The molecule has 2 nitrogen and oxygen atoms in total. The molecule has 1 rings (SSSR count). The molecule has 0 saturated carbocycles. The third kappa shape index (κ3) is 2.17. The van der Waals surface area contributed by atoms with Crippen LogP contribution in [0, 0.1) is 0 Å². The van der Waals surface area contributed by atoms with Crippen LogP contribution >= 0.6 is 0 Å². The molecule has 0 aromatic rings. The van der Waals surface area contributed by atoms with E-state index >= 15 is 0 Å². The predicted octanol–water partition coefficient (Wildman–Crippen LogP) is 1.53. The summed E-state index contributed by atoms with van der Waals surface area (Å²) in [6.07, 6.45) is 4.02. The lowest BCUT2D eigenvalue weighted by Gasteiger charge is -2.38. The molecule has 0 spiro atoms. The van der Waals surface area contributed by atoms with Gasteiger partial charge in [-0.25, -0.2) is 0 Å². The highest BCUT2D eigenvalue weighted by molar-refractivity contribution is 4.79. The average Bonchev–Trinajstić information content (AvgIpc) is 1.97. The van der Waals surface area contributed by atoms with Gasteiger partial charge in [0, 0.05) is 25.2 Å². The first-order valence-corrected chi connectivity index (χ1v) is 4.66. The topological polar surface area (TPSA) is 27.0 Å². The summed E-state index contributed by atoms with van der Waals surface area (Å²) in [6.45, 7) is 6.08. The fourth-order valence-electron chi connectivity index (χ4n) is 2.04. The molecule has 1 aliphatic rings. The molecule has 11 heavy (non-hydrogen) atoms. The minimum Gasteiger partial charge on any atom is -0.297 e. The molecule has 2 heteroatoms. The van der Waals surface area contributed by atoms with Gasteiger partial charge in [-0.3, -0.25) is 10.6 Å². The van der Waals surface area contributed by atoms with Gasteiger partial charge in [-0.15, -0.1) is 0 Å². The van der Waals surface area contributed by atoms with Gasteiger partial charge in [-0.1, -0.05) is 6.42 Å². The monoisotopic (exact) mass is 155 g/mol. The van der Waals surface area contributed by atoms with Crippen LogP contribution in [0.25, 0.3) is 0 Å². The number of hydrogen-bond acceptors (Lipinski definition) is 1. The maximum atomic E-state index is 7.18. The van der Waals surface area contributed by atoms with Gasteiger partial charge in [0.2, 0.25) is 0 Å². The molecule has 0 aliphatic carbocycles. The smallest absolute Gasteiger partial charge is 0.0228 e. The molecule has 1 fully saturated rings. The minimum absolute atomic E-state index is 0.550. The van der Waals surface area contributed by atoms with Gasteiger partial charge in [0.1, 0.15) is 0 Å². The van der Waals surface area contributed by atoms with Crippen molar-refractivity contribution in [3.05, 3.63) is 0 Å². The Morgan fingerprint density at radius 1 is 1.27 bits per heavy atom.